The minimum absolute atomic E-state index is 0.246. The quantitative estimate of drug-likeness (QED) is 0.892. The fourth-order valence-electron chi connectivity index (χ4n) is 3.50. The Balaban J connectivity index is 1.73. The van der Waals surface area contributed by atoms with Crippen LogP contribution >= 0.6 is 0 Å². The van der Waals surface area contributed by atoms with Crippen molar-refractivity contribution < 1.29 is 14.3 Å². The minimum Gasteiger partial charge on any atom is -0.480 e. The molecule has 1 fully saturated rings. The van der Waals surface area contributed by atoms with Crippen LogP contribution in [0.4, 0.5) is 4.39 Å². The molecule has 0 radical (unpaired) electrons. The van der Waals surface area contributed by atoms with Crippen molar-refractivity contribution in [3.05, 3.63) is 65.2 Å². The Morgan fingerprint density at radius 1 is 1.19 bits per heavy atom. The molecule has 1 N–H and O–H groups in total. The van der Waals surface area contributed by atoms with Crippen molar-refractivity contribution in [3.63, 3.8) is 0 Å². The molecule has 0 unspecified atom stereocenters. The Hall–Kier alpha value is -2.31. The largest absolute Gasteiger partial charge is 0.480 e. The molecule has 26 heavy (non-hydrogen) atoms. The summed E-state index contributed by atoms with van der Waals surface area (Å²) < 4.78 is 14.5. The molecule has 0 bridgehead atoms. The molecule has 6 heteroatoms. The summed E-state index contributed by atoms with van der Waals surface area (Å²) in [5.74, 6) is -1.43. The zero-order chi connectivity index (χ0) is 18.5. The number of carbonyl (C=O) groups is 1. The summed E-state index contributed by atoms with van der Waals surface area (Å²) in [6.45, 7) is 5.21. The molecule has 0 amide bonds. The molecule has 0 saturated carbocycles. The van der Waals surface area contributed by atoms with Crippen molar-refractivity contribution >= 4 is 5.97 Å². The number of nitrogens with zero attached hydrogens (tertiary/aromatic N) is 3. The molecule has 0 spiro atoms. The van der Waals surface area contributed by atoms with Gasteiger partial charge in [-0.25, -0.2) is 4.39 Å². The maximum atomic E-state index is 14.5. The van der Waals surface area contributed by atoms with E-state index in [9.17, 15) is 14.3 Å². The Morgan fingerprint density at radius 2 is 2.04 bits per heavy atom. The van der Waals surface area contributed by atoms with Crippen LogP contribution in [-0.2, 0) is 11.3 Å². The van der Waals surface area contributed by atoms with Gasteiger partial charge in [-0.15, -0.1) is 0 Å². The zero-order valence-electron chi connectivity index (χ0n) is 14.9. The Morgan fingerprint density at radius 3 is 2.77 bits per heavy atom. The van der Waals surface area contributed by atoms with E-state index in [-0.39, 0.29) is 5.56 Å². The number of pyridine rings is 1. The Bertz CT molecular complexity index is 754. The second kappa shape index (κ2) is 8.38. The molecule has 1 saturated heterocycles. The number of carboxylic acids is 1. The van der Waals surface area contributed by atoms with Crippen LogP contribution in [-0.4, -0.2) is 52.0 Å². The minimum atomic E-state index is -1.01. The number of carboxylic acid groups (broad SMARTS) is 1. The normalized spacial score (nSPS) is 17.6. The van der Waals surface area contributed by atoms with Gasteiger partial charge in [-0.2, -0.15) is 0 Å². The van der Waals surface area contributed by atoms with Crippen LogP contribution in [0.1, 0.15) is 29.3 Å². The van der Waals surface area contributed by atoms with Gasteiger partial charge in [0.2, 0.25) is 0 Å². The van der Waals surface area contributed by atoms with E-state index in [1.807, 2.05) is 23.1 Å². The van der Waals surface area contributed by atoms with Crippen LogP contribution in [0, 0.1) is 12.7 Å². The van der Waals surface area contributed by atoms with Crippen LogP contribution in [0.3, 0.4) is 0 Å². The van der Waals surface area contributed by atoms with Crippen LogP contribution in [0.2, 0.25) is 0 Å². The smallest absolute Gasteiger partial charge is 0.325 e. The first kappa shape index (κ1) is 18.5. The molecule has 1 aliphatic rings. The van der Waals surface area contributed by atoms with Gasteiger partial charge in [0.15, 0.2) is 0 Å². The van der Waals surface area contributed by atoms with Crippen molar-refractivity contribution in [1.82, 2.24) is 14.8 Å². The molecule has 2 aromatic rings. The van der Waals surface area contributed by atoms with Crippen molar-refractivity contribution in [2.45, 2.75) is 25.9 Å². The topological polar surface area (TPSA) is 56.7 Å². The third-order valence-electron chi connectivity index (χ3n) is 4.85. The lowest BCUT2D eigenvalue weighted by atomic mass is 10.0. The van der Waals surface area contributed by atoms with Gasteiger partial charge in [0.25, 0.3) is 0 Å². The van der Waals surface area contributed by atoms with Crippen molar-refractivity contribution in [2.75, 3.05) is 26.2 Å². The van der Waals surface area contributed by atoms with Crippen molar-refractivity contribution in [2.24, 2.45) is 0 Å². The van der Waals surface area contributed by atoms with Gasteiger partial charge in [-0.05, 0) is 37.6 Å². The molecule has 138 valence electrons. The highest BCUT2D eigenvalue weighted by molar-refractivity contribution is 5.75. The number of hydrogen-bond donors (Lipinski definition) is 1. The zero-order valence-corrected chi connectivity index (χ0v) is 14.9. The summed E-state index contributed by atoms with van der Waals surface area (Å²) in [5, 5.41) is 9.76. The molecule has 1 aromatic carbocycles. The molecule has 1 atom stereocenters. The summed E-state index contributed by atoms with van der Waals surface area (Å²) in [6, 6.07) is 9.85. The number of halogens is 1. The fraction of sp³-hybridized carbons (Fsp3) is 0.400. The second-order valence-corrected chi connectivity index (χ2v) is 6.71. The lowest BCUT2D eigenvalue weighted by molar-refractivity contribution is -0.143. The van der Waals surface area contributed by atoms with Gasteiger partial charge in [-0.1, -0.05) is 24.3 Å². The van der Waals surface area contributed by atoms with E-state index in [0.29, 0.717) is 18.7 Å². The maximum Gasteiger partial charge on any atom is 0.325 e. The van der Waals surface area contributed by atoms with E-state index in [1.54, 1.807) is 31.3 Å². The van der Waals surface area contributed by atoms with Crippen LogP contribution in [0.5, 0.6) is 0 Å². The van der Waals surface area contributed by atoms with E-state index in [1.165, 1.54) is 0 Å². The van der Waals surface area contributed by atoms with Crippen molar-refractivity contribution in [1.29, 1.82) is 0 Å². The van der Waals surface area contributed by atoms with Crippen LogP contribution < -0.4 is 0 Å². The monoisotopic (exact) mass is 357 g/mol. The van der Waals surface area contributed by atoms with Gasteiger partial charge in [-0.3, -0.25) is 19.6 Å². The fourth-order valence-corrected chi connectivity index (χ4v) is 3.50. The van der Waals surface area contributed by atoms with E-state index < -0.39 is 17.8 Å². The molecular weight excluding hydrogens is 333 g/mol. The van der Waals surface area contributed by atoms with E-state index in [2.05, 4.69) is 9.88 Å². The number of rotatable bonds is 5. The first-order valence-electron chi connectivity index (χ1n) is 8.90. The third-order valence-corrected chi connectivity index (χ3v) is 4.85. The first-order valence-corrected chi connectivity index (χ1v) is 8.90. The van der Waals surface area contributed by atoms with E-state index >= 15 is 0 Å². The van der Waals surface area contributed by atoms with E-state index in [0.717, 1.165) is 31.7 Å². The Kier molecular flexibility index (Phi) is 5.96. The number of aliphatic carboxylic acids is 1. The van der Waals surface area contributed by atoms with Gasteiger partial charge < -0.3 is 5.11 Å². The summed E-state index contributed by atoms with van der Waals surface area (Å²) in [7, 11) is 0. The standard InChI is InChI=1S/C20H24FN3O2/c1-15-6-4-8-17(18(15)21)19(20(25)26)24-11-5-10-23(12-13-24)14-16-7-2-3-9-22-16/h2-4,6-9,19H,5,10-14H2,1H3,(H,25,26)/t19-/m0/s1. The van der Waals surface area contributed by atoms with Crippen molar-refractivity contribution in [3.8, 4) is 0 Å². The molecule has 1 aliphatic heterocycles. The van der Waals surface area contributed by atoms with Crippen LogP contribution in [0.25, 0.3) is 0 Å². The summed E-state index contributed by atoms with van der Waals surface area (Å²) in [6.07, 6.45) is 2.62. The van der Waals surface area contributed by atoms with Gasteiger partial charge in [0.1, 0.15) is 11.9 Å². The highest BCUT2D eigenvalue weighted by atomic mass is 19.1. The third kappa shape index (κ3) is 4.26. The lowest BCUT2D eigenvalue weighted by Gasteiger charge is -2.28. The number of aryl methyl sites for hydroxylation is 1. The Labute approximate surface area is 153 Å². The predicted molar refractivity (Wildman–Crippen MR) is 97.2 cm³/mol. The van der Waals surface area contributed by atoms with Gasteiger partial charge in [0, 0.05) is 37.9 Å². The predicted octanol–water partition coefficient (Wildman–Crippen LogP) is 2.86. The SMILES string of the molecule is Cc1cccc([C@@H](C(=O)O)N2CCCN(Cc3ccccn3)CC2)c1F. The highest BCUT2D eigenvalue weighted by Crippen LogP contribution is 2.26. The summed E-state index contributed by atoms with van der Waals surface area (Å²) >= 11 is 0. The molecule has 1 aromatic heterocycles. The van der Waals surface area contributed by atoms with Crippen LogP contribution in [0.15, 0.2) is 42.6 Å². The van der Waals surface area contributed by atoms with Gasteiger partial charge >= 0.3 is 5.97 Å². The number of hydrogen-bond acceptors (Lipinski definition) is 4. The summed E-state index contributed by atoms with van der Waals surface area (Å²) in [4.78, 5) is 20.4. The number of benzene rings is 1. The summed E-state index contributed by atoms with van der Waals surface area (Å²) in [5.41, 5.74) is 1.72. The first-order chi connectivity index (χ1) is 12.6. The number of aromatic nitrogens is 1. The average molecular weight is 357 g/mol. The molecule has 0 aliphatic carbocycles. The maximum absolute atomic E-state index is 14.5. The second-order valence-electron chi connectivity index (χ2n) is 6.71. The average Bonchev–Trinajstić information content (AvgIpc) is 2.85. The highest BCUT2D eigenvalue weighted by Gasteiger charge is 2.31. The molecular formula is C20H24FN3O2. The van der Waals surface area contributed by atoms with E-state index in [4.69, 9.17) is 0 Å². The molecule has 3 rings (SSSR count). The molecule has 2 heterocycles. The van der Waals surface area contributed by atoms with Gasteiger partial charge in [0.05, 0.1) is 5.69 Å². The lowest BCUT2D eigenvalue weighted by Crippen LogP contribution is -2.37. The molecule has 5 nitrogen and oxygen atoms in total.